The Labute approximate surface area is 128 Å². The summed E-state index contributed by atoms with van der Waals surface area (Å²) in [5.74, 6) is 0.122. The summed E-state index contributed by atoms with van der Waals surface area (Å²) in [6.45, 7) is 4.45. The normalized spacial score (nSPS) is 12.0. The first-order chi connectivity index (χ1) is 10.6. The molecular weight excluding hydrogens is 286 g/mol. The minimum Gasteiger partial charge on any atom is -0.494 e. The number of hydrogen-bond acceptors (Lipinski definition) is 6. The lowest BCUT2D eigenvalue weighted by molar-refractivity contribution is -0.153. The monoisotopic (exact) mass is 305 g/mol. The van der Waals surface area contributed by atoms with Gasteiger partial charge >= 0.3 is 5.97 Å². The minimum absolute atomic E-state index is 0.00284. The number of carbonyl (C=O) groups excluding carboxylic acids is 1. The van der Waals surface area contributed by atoms with Crippen molar-refractivity contribution in [3.05, 3.63) is 30.5 Å². The average Bonchev–Trinajstić information content (AvgIpc) is 2.97. The van der Waals surface area contributed by atoms with Crippen LogP contribution in [0, 0.1) is 0 Å². The zero-order chi connectivity index (χ0) is 15.9. The molecule has 0 bridgehead atoms. The molecule has 1 N–H and O–H groups in total. The molecule has 0 aliphatic rings. The Balaban J connectivity index is 2.03. The highest BCUT2D eigenvalue weighted by molar-refractivity contribution is 5.74. The van der Waals surface area contributed by atoms with Gasteiger partial charge in [-0.1, -0.05) is 5.21 Å². The quantitative estimate of drug-likeness (QED) is 0.775. The summed E-state index contributed by atoms with van der Waals surface area (Å²) in [7, 11) is 0. The second-order valence-corrected chi connectivity index (χ2v) is 4.55. The number of carbonyl (C=O) groups is 1. The first kappa shape index (κ1) is 16.0. The van der Waals surface area contributed by atoms with Gasteiger partial charge in [-0.3, -0.25) is 0 Å². The van der Waals surface area contributed by atoms with Gasteiger partial charge in [-0.2, -0.15) is 0 Å². The lowest BCUT2D eigenvalue weighted by atomic mass is 10.1. The van der Waals surface area contributed by atoms with Crippen LogP contribution in [0.3, 0.4) is 0 Å². The number of benzene rings is 1. The molecule has 1 atom stereocenters. The maximum absolute atomic E-state index is 11.4. The second kappa shape index (κ2) is 7.56. The van der Waals surface area contributed by atoms with Crippen molar-refractivity contribution in [2.75, 3.05) is 13.2 Å². The van der Waals surface area contributed by atoms with Crippen molar-refractivity contribution in [3.63, 3.8) is 0 Å². The molecule has 0 radical (unpaired) electrons. The van der Waals surface area contributed by atoms with Gasteiger partial charge in [-0.15, -0.1) is 5.10 Å². The van der Waals surface area contributed by atoms with E-state index < -0.39 is 12.1 Å². The molecule has 0 amide bonds. The summed E-state index contributed by atoms with van der Waals surface area (Å²) < 4.78 is 11.5. The predicted molar refractivity (Wildman–Crippen MR) is 79.3 cm³/mol. The van der Waals surface area contributed by atoms with Crippen LogP contribution in [0.2, 0.25) is 0 Å². The summed E-state index contributed by atoms with van der Waals surface area (Å²) in [4.78, 5) is 11.4. The van der Waals surface area contributed by atoms with Gasteiger partial charge in [-0.25, -0.2) is 9.48 Å². The van der Waals surface area contributed by atoms with Crippen LogP contribution >= 0.6 is 0 Å². The second-order valence-electron chi connectivity index (χ2n) is 4.55. The van der Waals surface area contributed by atoms with Crippen molar-refractivity contribution in [2.45, 2.75) is 26.5 Å². The number of nitrogens with zero attached hydrogens (tertiary/aromatic N) is 3. The molecule has 0 aliphatic heterocycles. The van der Waals surface area contributed by atoms with E-state index in [4.69, 9.17) is 9.47 Å². The van der Waals surface area contributed by atoms with Crippen LogP contribution in [0.5, 0.6) is 5.75 Å². The van der Waals surface area contributed by atoms with Crippen molar-refractivity contribution in [2.24, 2.45) is 0 Å². The lowest BCUT2D eigenvalue weighted by Crippen LogP contribution is -2.28. The first-order valence-electron chi connectivity index (χ1n) is 7.12. The molecule has 1 aromatic carbocycles. The fourth-order valence-corrected chi connectivity index (χ4v) is 1.90. The van der Waals surface area contributed by atoms with Gasteiger partial charge in [0, 0.05) is 5.56 Å². The van der Waals surface area contributed by atoms with Crippen LogP contribution in [-0.2, 0) is 16.1 Å². The molecule has 7 heteroatoms. The third-order valence-corrected chi connectivity index (χ3v) is 2.92. The van der Waals surface area contributed by atoms with E-state index in [0.29, 0.717) is 12.3 Å². The summed E-state index contributed by atoms with van der Waals surface area (Å²) >= 11 is 0. The van der Waals surface area contributed by atoms with Gasteiger partial charge < -0.3 is 14.6 Å². The highest BCUT2D eigenvalue weighted by Crippen LogP contribution is 2.20. The topological polar surface area (TPSA) is 86.5 Å². The van der Waals surface area contributed by atoms with Gasteiger partial charge in [0.15, 0.2) is 6.10 Å². The summed E-state index contributed by atoms with van der Waals surface area (Å²) in [5, 5.41) is 17.6. The van der Waals surface area contributed by atoms with Crippen molar-refractivity contribution in [1.82, 2.24) is 15.0 Å². The van der Waals surface area contributed by atoms with Crippen LogP contribution in [0.25, 0.3) is 11.3 Å². The molecule has 1 aromatic heterocycles. The molecule has 0 spiro atoms. The Morgan fingerprint density at radius 3 is 2.64 bits per heavy atom. The molecule has 0 fully saturated rings. The van der Waals surface area contributed by atoms with Crippen LogP contribution in [0.15, 0.2) is 30.5 Å². The minimum atomic E-state index is -1.25. The molecule has 2 aromatic rings. The highest BCUT2D eigenvalue weighted by atomic mass is 16.5. The van der Waals surface area contributed by atoms with Crippen molar-refractivity contribution >= 4 is 5.97 Å². The van der Waals surface area contributed by atoms with E-state index in [1.54, 1.807) is 13.1 Å². The van der Waals surface area contributed by atoms with E-state index in [1.807, 2.05) is 31.2 Å². The number of ether oxygens (including phenoxy) is 2. The molecule has 0 aliphatic carbocycles. The van der Waals surface area contributed by atoms with Crippen LogP contribution in [-0.4, -0.2) is 45.4 Å². The molecular formula is C15H19N3O4. The SMILES string of the molecule is CCOC(=O)C(O)Cn1cc(-c2ccc(OCC)cc2)nn1. The number of esters is 1. The zero-order valence-electron chi connectivity index (χ0n) is 12.6. The number of hydrogen-bond donors (Lipinski definition) is 1. The zero-order valence-corrected chi connectivity index (χ0v) is 12.6. The third-order valence-electron chi connectivity index (χ3n) is 2.92. The maximum Gasteiger partial charge on any atom is 0.336 e. The Morgan fingerprint density at radius 2 is 2.00 bits per heavy atom. The largest absolute Gasteiger partial charge is 0.494 e. The van der Waals surface area contributed by atoms with E-state index in [0.717, 1.165) is 11.3 Å². The molecule has 1 heterocycles. The molecule has 118 valence electrons. The standard InChI is InChI=1S/C15H19N3O4/c1-3-21-12-7-5-11(6-8-12)13-9-18(17-16-13)10-14(19)15(20)22-4-2/h5-9,14,19H,3-4,10H2,1-2H3. The summed E-state index contributed by atoms with van der Waals surface area (Å²) in [6, 6.07) is 7.46. The predicted octanol–water partition coefficient (Wildman–Crippen LogP) is 1.27. The fourth-order valence-electron chi connectivity index (χ4n) is 1.90. The van der Waals surface area contributed by atoms with Gasteiger partial charge in [0.1, 0.15) is 11.4 Å². The van der Waals surface area contributed by atoms with E-state index in [9.17, 15) is 9.90 Å². The number of rotatable bonds is 7. The van der Waals surface area contributed by atoms with Gasteiger partial charge in [-0.05, 0) is 38.1 Å². The molecule has 2 rings (SSSR count). The van der Waals surface area contributed by atoms with E-state index in [-0.39, 0.29) is 13.2 Å². The Morgan fingerprint density at radius 1 is 1.27 bits per heavy atom. The maximum atomic E-state index is 11.4. The van der Waals surface area contributed by atoms with E-state index in [2.05, 4.69) is 10.3 Å². The Hall–Kier alpha value is -2.41. The van der Waals surface area contributed by atoms with E-state index in [1.165, 1.54) is 4.68 Å². The molecule has 1 unspecified atom stereocenters. The average molecular weight is 305 g/mol. The molecule has 7 nitrogen and oxygen atoms in total. The van der Waals surface area contributed by atoms with E-state index >= 15 is 0 Å². The van der Waals surface area contributed by atoms with Crippen molar-refractivity contribution in [1.29, 1.82) is 0 Å². The Kier molecular flexibility index (Phi) is 5.48. The summed E-state index contributed by atoms with van der Waals surface area (Å²) in [6.07, 6.45) is 0.410. The van der Waals surface area contributed by atoms with Crippen molar-refractivity contribution < 1.29 is 19.4 Å². The first-order valence-corrected chi connectivity index (χ1v) is 7.12. The van der Waals surface area contributed by atoms with Crippen LogP contribution < -0.4 is 4.74 Å². The van der Waals surface area contributed by atoms with Crippen LogP contribution in [0.4, 0.5) is 0 Å². The summed E-state index contributed by atoms with van der Waals surface area (Å²) in [5.41, 5.74) is 1.53. The van der Waals surface area contributed by atoms with Gasteiger partial charge in [0.05, 0.1) is 26.0 Å². The smallest absolute Gasteiger partial charge is 0.336 e. The third kappa shape index (κ3) is 4.05. The highest BCUT2D eigenvalue weighted by Gasteiger charge is 2.17. The fraction of sp³-hybridized carbons (Fsp3) is 0.400. The number of aromatic nitrogens is 3. The van der Waals surface area contributed by atoms with Crippen molar-refractivity contribution in [3.8, 4) is 17.0 Å². The van der Waals surface area contributed by atoms with Gasteiger partial charge in [0.2, 0.25) is 0 Å². The number of aliphatic hydroxyl groups is 1. The van der Waals surface area contributed by atoms with Gasteiger partial charge in [0.25, 0.3) is 0 Å². The lowest BCUT2D eigenvalue weighted by Gasteiger charge is -2.08. The number of aliphatic hydroxyl groups excluding tert-OH is 1. The molecule has 22 heavy (non-hydrogen) atoms. The van der Waals surface area contributed by atoms with Crippen LogP contribution in [0.1, 0.15) is 13.8 Å². The Bertz CT molecular complexity index is 610. The molecule has 0 saturated carbocycles. The molecule has 0 saturated heterocycles.